The molecule has 0 spiro atoms. The molecule has 0 unspecified atom stereocenters. The van der Waals surface area contributed by atoms with Crippen molar-refractivity contribution in [1.82, 2.24) is 19.4 Å². The van der Waals surface area contributed by atoms with Crippen LogP contribution in [0.1, 0.15) is 33.0 Å². The molecular weight excluding hydrogens is 344 g/mol. The lowest BCUT2D eigenvalue weighted by Crippen LogP contribution is -2.48. The zero-order chi connectivity index (χ0) is 19.4. The monoisotopic (exact) mass is 378 g/mol. The number of aromatic nitrogens is 2. The fourth-order valence-electron chi connectivity index (χ4n) is 4.55. The molecule has 0 aliphatic carbocycles. The maximum atomic E-state index is 12.7. The van der Waals surface area contributed by atoms with Crippen LogP contribution < -0.4 is 0 Å². The highest BCUT2D eigenvalue weighted by atomic mass is 16.5. The standard InChI is InChI=1S/C20H34N4O3/c1-4-19-21-6-8-23(19)7-5-20(26)24-12-17(18(13-24)14-25)11-22-9-15(2)27-16(3)10-22/h6,8,15-18,25H,4-5,7,9-14H2,1-3H3/t15-,16+,17-,18-/m1/s1. The summed E-state index contributed by atoms with van der Waals surface area (Å²) in [5.74, 6) is 1.69. The smallest absolute Gasteiger partial charge is 0.224 e. The molecule has 1 N–H and O–H groups in total. The number of amides is 1. The maximum Gasteiger partial charge on any atom is 0.224 e. The van der Waals surface area contributed by atoms with Gasteiger partial charge in [0, 0.05) is 77.0 Å². The van der Waals surface area contributed by atoms with E-state index in [0.717, 1.165) is 38.4 Å². The summed E-state index contributed by atoms with van der Waals surface area (Å²) < 4.78 is 7.88. The highest BCUT2D eigenvalue weighted by Gasteiger charge is 2.36. The van der Waals surface area contributed by atoms with E-state index in [4.69, 9.17) is 4.74 Å². The van der Waals surface area contributed by atoms with Crippen molar-refractivity contribution in [2.45, 2.75) is 52.4 Å². The number of hydrogen-bond acceptors (Lipinski definition) is 5. The Kier molecular flexibility index (Phi) is 6.89. The number of aliphatic hydroxyl groups is 1. The molecule has 0 radical (unpaired) electrons. The zero-order valence-electron chi connectivity index (χ0n) is 16.9. The molecule has 3 rings (SSSR count). The van der Waals surface area contributed by atoms with E-state index < -0.39 is 0 Å². The Labute approximate surface area is 162 Å². The number of imidazole rings is 1. The maximum absolute atomic E-state index is 12.7. The molecule has 152 valence electrons. The number of carbonyl (C=O) groups is 1. The summed E-state index contributed by atoms with van der Waals surface area (Å²) in [5, 5.41) is 9.82. The van der Waals surface area contributed by atoms with E-state index in [2.05, 4.69) is 35.2 Å². The van der Waals surface area contributed by atoms with Crippen LogP contribution in [0.4, 0.5) is 0 Å². The predicted molar refractivity (Wildman–Crippen MR) is 103 cm³/mol. The molecule has 3 heterocycles. The van der Waals surface area contributed by atoms with Crippen molar-refractivity contribution in [2.24, 2.45) is 11.8 Å². The number of carbonyl (C=O) groups excluding carboxylic acids is 1. The number of ether oxygens (including phenoxy) is 1. The topological polar surface area (TPSA) is 70.8 Å². The Morgan fingerprint density at radius 3 is 2.59 bits per heavy atom. The highest BCUT2D eigenvalue weighted by molar-refractivity contribution is 5.76. The highest BCUT2D eigenvalue weighted by Crippen LogP contribution is 2.26. The summed E-state index contributed by atoms with van der Waals surface area (Å²) in [5.41, 5.74) is 0. The van der Waals surface area contributed by atoms with E-state index in [0.29, 0.717) is 25.4 Å². The zero-order valence-corrected chi connectivity index (χ0v) is 16.9. The first-order valence-electron chi connectivity index (χ1n) is 10.3. The fraction of sp³-hybridized carbons (Fsp3) is 0.800. The number of aryl methyl sites for hydroxylation is 2. The second kappa shape index (κ2) is 9.17. The first-order valence-corrected chi connectivity index (χ1v) is 10.3. The van der Waals surface area contributed by atoms with Crippen molar-refractivity contribution in [2.75, 3.05) is 39.3 Å². The van der Waals surface area contributed by atoms with Gasteiger partial charge < -0.3 is 19.3 Å². The van der Waals surface area contributed by atoms with Gasteiger partial charge in [-0.15, -0.1) is 0 Å². The van der Waals surface area contributed by atoms with E-state index in [1.54, 1.807) is 6.20 Å². The summed E-state index contributed by atoms with van der Waals surface area (Å²) in [6.45, 7) is 11.3. The van der Waals surface area contributed by atoms with Gasteiger partial charge in [-0.1, -0.05) is 6.92 Å². The van der Waals surface area contributed by atoms with Crippen molar-refractivity contribution in [3.8, 4) is 0 Å². The van der Waals surface area contributed by atoms with Crippen LogP contribution in [0.25, 0.3) is 0 Å². The van der Waals surface area contributed by atoms with Crippen molar-refractivity contribution >= 4 is 5.91 Å². The Balaban J connectivity index is 1.52. The number of hydrogen-bond donors (Lipinski definition) is 1. The Hall–Kier alpha value is -1.44. The van der Waals surface area contributed by atoms with Gasteiger partial charge in [0.05, 0.1) is 12.2 Å². The van der Waals surface area contributed by atoms with E-state index in [1.165, 1.54) is 0 Å². The fourth-order valence-corrected chi connectivity index (χ4v) is 4.55. The molecule has 0 bridgehead atoms. The van der Waals surface area contributed by atoms with Crippen LogP contribution in [-0.2, 0) is 22.5 Å². The van der Waals surface area contributed by atoms with Crippen LogP contribution in [0.15, 0.2) is 12.4 Å². The molecule has 2 aliphatic rings. The normalized spacial score (nSPS) is 29.4. The summed E-state index contributed by atoms with van der Waals surface area (Å²) in [6, 6.07) is 0. The van der Waals surface area contributed by atoms with Crippen LogP contribution in [0.2, 0.25) is 0 Å². The largest absolute Gasteiger partial charge is 0.396 e. The minimum absolute atomic E-state index is 0.144. The minimum Gasteiger partial charge on any atom is -0.396 e. The molecule has 0 saturated carbocycles. The lowest BCUT2D eigenvalue weighted by molar-refractivity contribution is -0.130. The van der Waals surface area contributed by atoms with E-state index >= 15 is 0 Å². The van der Waals surface area contributed by atoms with Gasteiger partial charge in [0.2, 0.25) is 5.91 Å². The van der Waals surface area contributed by atoms with Gasteiger partial charge in [-0.25, -0.2) is 4.98 Å². The van der Waals surface area contributed by atoms with Gasteiger partial charge in [0.1, 0.15) is 5.82 Å². The van der Waals surface area contributed by atoms with Gasteiger partial charge in [0.15, 0.2) is 0 Å². The summed E-state index contributed by atoms with van der Waals surface area (Å²) in [4.78, 5) is 21.4. The molecule has 2 fully saturated rings. The van der Waals surface area contributed by atoms with Crippen molar-refractivity contribution in [1.29, 1.82) is 0 Å². The van der Waals surface area contributed by atoms with Crippen LogP contribution in [0.5, 0.6) is 0 Å². The van der Waals surface area contributed by atoms with Crippen molar-refractivity contribution in [3.05, 3.63) is 18.2 Å². The van der Waals surface area contributed by atoms with E-state index in [-0.39, 0.29) is 30.6 Å². The SMILES string of the molecule is CCc1nccn1CCC(=O)N1C[C@@H](CN2C[C@@H](C)O[C@@H](C)C2)[C@@H](CO)C1. The van der Waals surface area contributed by atoms with Gasteiger partial charge in [0.25, 0.3) is 0 Å². The van der Waals surface area contributed by atoms with E-state index in [1.807, 2.05) is 11.1 Å². The molecule has 2 saturated heterocycles. The first-order chi connectivity index (χ1) is 13.0. The summed E-state index contributed by atoms with van der Waals surface area (Å²) in [7, 11) is 0. The number of rotatable bonds is 7. The van der Waals surface area contributed by atoms with Crippen LogP contribution in [-0.4, -0.2) is 81.9 Å². The molecule has 1 aromatic heterocycles. The quantitative estimate of drug-likeness (QED) is 0.767. The second-order valence-electron chi connectivity index (χ2n) is 8.12. The average Bonchev–Trinajstić information content (AvgIpc) is 3.25. The molecular formula is C20H34N4O3. The minimum atomic E-state index is 0.144. The molecule has 0 aromatic carbocycles. The Morgan fingerprint density at radius 2 is 1.93 bits per heavy atom. The van der Waals surface area contributed by atoms with Gasteiger partial charge in [-0.05, 0) is 19.8 Å². The lowest BCUT2D eigenvalue weighted by Gasteiger charge is -2.37. The van der Waals surface area contributed by atoms with Crippen molar-refractivity contribution in [3.63, 3.8) is 0 Å². The van der Waals surface area contributed by atoms with Gasteiger partial charge in [-0.3, -0.25) is 9.69 Å². The predicted octanol–water partition coefficient (Wildman–Crippen LogP) is 1.01. The third-order valence-electron chi connectivity index (χ3n) is 5.84. The first kappa shape index (κ1) is 20.3. The molecule has 1 aromatic rings. The molecule has 7 heteroatoms. The van der Waals surface area contributed by atoms with E-state index in [9.17, 15) is 9.90 Å². The molecule has 2 aliphatic heterocycles. The molecule has 7 nitrogen and oxygen atoms in total. The number of morpholine rings is 1. The van der Waals surface area contributed by atoms with Crippen LogP contribution in [0.3, 0.4) is 0 Å². The molecule has 27 heavy (non-hydrogen) atoms. The third-order valence-corrected chi connectivity index (χ3v) is 5.84. The third kappa shape index (κ3) is 5.09. The van der Waals surface area contributed by atoms with Crippen LogP contribution in [0, 0.1) is 11.8 Å². The number of nitrogens with zero attached hydrogens (tertiary/aromatic N) is 4. The van der Waals surface area contributed by atoms with Crippen LogP contribution >= 0.6 is 0 Å². The number of aliphatic hydroxyl groups excluding tert-OH is 1. The summed E-state index contributed by atoms with van der Waals surface area (Å²) >= 11 is 0. The Morgan fingerprint density at radius 1 is 1.22 bits per heavy atom. The molecule has 4 atom stereocenters. The van der Waals surface area contributed by atoms with Gasteiger partial charge in [-0.2, -0.15) is 0 Å². The average molecular weight is 379 g/mol. The number of likely N-dealkylation sites (tertiary alicyclic amines) is 1. The Bertz CT molecular complexity index is 610. The van der Waals surface area contributed by atoms with Crippen molar-refractivity contribution < 1.29 is 14.6 Å². The summed E-state index contributed by atoms with van der Waals surface area (Å²) in [6.07, 6.45) is 5.57. The lowest BCUT2D eigenvalue weighted by atomic mass is 9.96. The molecule has 1 amide bonds. The second-order valence-corrected chi connectivity index (χ2v) is 8.12. The van der Waals surface area contributed by atoms with Gasteiger partial charge >= 0.3 is 0 Å².